The molecule has 2 amide bonds. The van der Waals surface area contributed by atoms with Crippen molar-refractivity contribution in [3.8, 4) is 0 Å². The van der Waals surface area contributed by atoms with E-state index in [1.54, 1.807) is 12.0 Å². The second-order valence-electron chi connectivity index (χ2n) is 9.39. The summed E-state index contributed by atoms with van der Waals surface area (Å²) >= 11 is 0. The maximum Gasteiger partial charge on any atom is 0.410 e. The predicted octanol–water partition coefficient (Wildman–Crippen LogP) is 3.62. The molecule has 1 aromatic carbocycles. The van der Waals surface area contributed by atoms with Gasteiger partial charge < -0.3 is 19.7 Å². The number of benzene rings is 1. The van der Waals surface area contributed by atoms with Crippen LogP contribution >= 0.6 is 0 Å². The van der Waals surface area contributed by atoms with E-state index in [1.165, 1.54) is 0 Å². The van der Waals surface area contributed by atoms with E-state index in [2.05, 4.69) is 18.4 Å². The second kappa shape index (κ2) is 10.3. The molecule has 1 aromatic heterocycles. The van der Waals surface area contributed by atoms with Gasteiger partial charge in [0.05, 0.1) is 12.1 Å². The number of fused-ring (bicyclic) bond motifs is 1. The fourth-order valence-corrected chi connectivity index (χ4v) is 4.14. The number of carbonyl (C=O) groups excluding carboxylic acids is 2. The number of piperidine rings is 1. The van der Waals surface area contributed by atoms with Gasteiger partial charge in [0.2, 0.25) is 0 Å². The minimum absolute atomic E-state index is 0.0805. The topological polar surface area (TPSA) is 85.7 Å². The van der Waals surface area contributed by atoms with Crippen LogP contribution in [-0.4, -0.2) is 65.6 Å². The Balaban J connectivity index is 1.65. The number of aromatic nitrogens is 2. The number of ether oxygens (including phenoxy) is 2. The zero-order chi connectivity index (χ0) is 23.3. The summed E-state index contributed by atoms with van der Waals surface area (Å²) in [5.41, 5.74) is 2.14. The number of carbonyl (C=O) groups is 2. The van der Waals surface area contributed by atoms with Gasteiger partial charge in [-0.15, -0.1) is 0 Å². The van der Waals surface area contributed by atoms with Crippen LogP contribution in [0, 0.1) is 5.92 Å². The van der Waals surface area contributed by atoms with Crippen LogP contribution in [0.15, 0.2) is 18.3 Å². The highest BCUT2D eigenvalue weighted by Crippen LogP contribution is 2.25. The van der Waals surface area contributed by atoms with Gasteiger partial charge in [-0.3, -0.25) is 9.48 Å². The average Bonchev–Trinajstić information content (AvgIpc) is 3.14. The smallest absolute Gasteiger partial charge is 0.410 e. The van der Waals surface area contributed by atoms with E-state index in [1.807, 2.05) is 37.6 Å². The van der Waals surface area contributed by atoms with Crippen LogP contribution in [0.1, 0.15) is 56.5 Å². The van der Waals surface area contributed by atoms with Crippen molar-refractivity contribution in [2.45, 2.75) is 59.1 Å². The number of hydrogen-bond acceptors (Lipinski definition) is 5. The third-order valence-electron chi connectivity index (χ3n) is 5.75. The molecular weight excluding hydrogens is 408 g/mol. The summed E-state index contributed by atoms with van der Waals surface area (Å²) in [6.07, 6.45) is 4.42. The summed E-state index contributed by atoms with van der Waals surface area (Å²) in [5.74, 6) is 0.368. The zero-order valence-corrected chi connectivity index (χ0v) is 19.9. The summed E-state index contributed by atoms with van der Waals surface area (Å²) in [6.45, 7) is 10.9. The van der Waals surface area contributed by atoms with E-state index in [0.717, 1.165) is 42.3 Å². The molecule has 3 rings (SSSR count). The van der Waals surface area contributed by atoms with E-state index in [9.17, 15) is 9.59 Å². The lowest BCUT2D eigenvalue weighted by atomic mass is 9.97. The Morgan fingerprint density at radius 3 is 2.56 bits per heavy atom. The molecule has 2 aromatic rings. The van der Waals surface area contributed by atoms with Gasteiger partial charge in [-0.1, -0.05) is 6.92 Å². The SMILES string of the molecule is CCc1c(C(=O)NCCOC)ccc2nn(CC3CCN(C(=O)OC(C)(C)C)CC3)cc12. The molecule has 0 spiro atoms. The molecular formula is C24H36N4O4. The van der Waals surface area contributed by atoms with Gasteiger partial charge in [0, 0.05) is 50.4 Å². The molecule has 8 heteroatoms. The Morgan fingerprint density at radius 2 is 1.94 bits per heavy atom. The lowest BCUT2D eigenvalue weighted by Crippen LogP contribution is -2.42. The summed E-state index contributed by atoms with van der Waals surface area (Å²) < 4.78 is 12.5. The highest BCUT2D eigenvalue weighted by Gasteiger charge is 2.27. The highest BCUT2D eigenvalue weighted by atomic mass is 16.6. The van der Waals surface area contributed by atoms with Crippen LogP contribution in [0.3, 0.4) is 0 Å². The van der Waals surface area contributed by atoms with Crippen molar-refractivity contribution >= 4 is 22.9 Å². The third kappa shape index (κ3) is 6.00. The maximum atomic E-state index is 12.6. The molecule has 1 aliphatic heterocycles. The van der Waals surface area contributed by atoms with Crippen LogP contribution in [0.5, 0.6) is 0 Å². The fraction of sp³-hybridized carbons (Fsp3) is 0.625. The molecule has 1 saturated heterocycles. The second-order valence-corrected chi connectivity index (χ2v) is 9.39. The predicted molar refractivity (Wildman–Crippen MR) is 124 cm³/mol. The molecule has 0 saturated carbocycles. The number of amides is 2. The van der Waals surface area contributed by atoms with Crippen molar-refractivity contribution < 1.29 is 19.1 Å². The van der Waals surface area contributed by atoms with Crippen LogP contribution in [-0.2, 0) is 22.4 Å². The molecule has 0 unspecified atom stereocenters. The van der Waals surface area contributed by atoms with Gasteiger partial charge in [-0.25, -0.2) is 4.79 Å². The van der Waals surface area contributed by atoms with Crippen LogP contribution in [0.4, 0.5) is 4.79 Å². The first kappa shape index (κ1) is 24.0. The fourth-order valence-electron chi connectivity index (χ4n) is 4.14. The summed E-state index contributed by atoms with van der Waals surface area (Å²) in [5, 5.41) is 8.69. The molecule has 1 fully saturated rings. The Morgan fingerprint density at radius 1 is 1.22 bits per heavy atom. The molecule has 0 bridgehead atoms. The molecule has 0 radical (unpaired) electrons. The van der Waals surface area contributed by atoms with Crippen LogP contribution in [0.2, 0.25) is 0 Å². The van der Waals surface area contributed by atoms with Crippen molar-refractivity contribution in [3.63, 3.8) is 0 Å². The van der Waals surface area contributed by atoms with Crippen molar-refractivity contribution in [2.24, 2.45) is 5.92 Å². The van der Waals surface area contributed by atoms with Crippen LogP contribution in [0.25, 0.3) is 10.9 Å². The first-order valence-corrected chi connectivity index (χ1v) is 11.5. The Kier molecular flexibility index (Phi) is 7.77. The summed E-state index contributed by atoms with van der Waals surface area (Å²) in [4.78, 5) is 26.7. The van der Waals surface area contributed by atoms with E-state index >= 15 is 0 Å². The van der Waals surface area contributed by atoms with E-state index in [-0.39, 0.29) is 12.0 Å². The van der Waals surface area contributed by atoms with E-state index in [4.69, 9.17) is 14.6 Å². The number of aryl methyl sites for hydroxylation is 1. The lowest BCUT2D eigenvalue weighted by Gasteiger charge is -2.33. The number of nitrogens with one attached hydrogen (secondary N) is 1. The molecule has 176 valence electrons. The number of rotatable bonds is 7. The standard InChI is InChI=1S/C24H36N4O4/c1-6-18-19(22(29)25-11-14-31-5)7-8-21-20(18)16-28(26-21)15-17-9-12-27(13-10-17)23(30)32-24(2,3)4/h7-8,16-17H,6,9-15H2,1-5H3,(H,25,29). The normalized spacial score (nSPS) is 15.2. The van der Waals surface area contributed by atoms with Gasteiger partial charge in [-0.05, 0) is 63.6 Å². The Labute approximate surface area is 190 Å². The number of likely N-dealkylation sites (tertiary alicyclic amines) is 1. The van der Waals surface area contributed by atoms with E-state index in [0.29, 0.717) is 37.7 Å². The van der Waals surface area contributed by atoms with Gasteiger partial charge in [-0.2, -0.15) is 5.10 Å². The van der Waals surface area contributed by atoms with Crippen molar-refractivity contribution in [1.82, 2.24) is 20.0 Å². The molecule has 8 nitrogen and oxygen atoms in total. The largest absolute Gasteiger partial charge is 0.444 e. The minimum Gasteiger partial charge on any atom is -0.444 e. The molecule has 1 aliphatic rings. The first-order valence-electron chi connectivity index (χ1n) is 11.5. The minimum atomic E-state index is -0.473. The van der Waals surface area contributed by atoms with Crippen molar-refractivity contribution in [3.05, 3.63) is 29.5 Å². The summed E-state index contributed by atoms with van der Waals surface area (Å²) in [6, 6.07) is 3.78. The molecule has 2 heterocycles. The number of nitrogens with zero attached hydrogens (tertiary/aromatic N) is 3. The quantitative estimate of drug-likeness (QED) is 0.659. The van der Waals surface area contributed by atoms with Gasteiger partial charge >= 0.3 is 6.09 Å². The van der Waals surface area contributed by atoms with Crippen molar-refractivity contribution in [1.29, 1.82) is 0 Å². The molecule has 0 aliphatic carbocycles. The van der Waals surface area contributed by atoms with Gasteiger partial charge in [0.15, 0.2) is 0 Å². The number of hydrogen-bond donors (Lipinski definition) is 1. The molecule has 0 atom stereocenters. The van der Waals surface area contributed by atoms with E-state index < -0.39 is 5.60 Å². The monoisotopic (exact) mass is 444 g/mol. The molecule has 1 N–H and O–H groups in total. The number of methoxy groups -OCH3 is 1. The third-order valence-corrected chi connectivity index (χ3v) is 5.75. The van der Waals surface area contributed by atoms with Gasteiger partial charge in [0.1, 0.15) is 5.60 Å². The lowest BCUT2D eigenvalue weighted by molar-refractivity contribution is 0.0177. The zero-order valence-electron chi connectivity index (χ0n) is 19.9. The average molecular weight is 445 g/mol. The maximum absolute atomic E-state index is 12.6. The van der Waals surface area contributed by atoms with Gasteiger partial charge in [0.25, 0.3) is 5.91 Å². The highest BCUT2D eigenvalue weighted by molar-refractivity contribution is 6.00. The first-order chi connectivity index (χ1) is 15.2. The van der Waals surface area contributed by atoms with Crippen molar-refractivity contribution in [2.75, 3.05) is 33.4 Å². The Bertz CT molecular complexity index is 939. The molecule has 32 heavy (non-hydrogen) atoms. The Hall–Kier alpha value is -2.61. The van der Waals surface area contributed by atoms with Crippen LogP contribution < -0.4 is 5.32 Å². The summed E-state index contributed by atoms with van der Waals surface area (Å²) in [7, 11) is 1.62.